The average Bonchev–Trinajstić information content (AvgIpc) is 2.48. The number of carboxylic acid groups (broad SMARTS) is 1. The van der Waals surface area contributed by atoms with Crippen LogP contribution < -0.4 is 40.0 Å². The zero-order valence-corrected chi connectivity index (χ0v) is 14.5. The first-order valence-corrected chi connectivity index (χ1v) is 6.98. The van der Waals surface area contributed by atoms with E-state index in [1.54, 1.807) is 0 Å². The number of carbonyl (C=O) groups is 2. The predicted molar refractivity (Wildman–Crippen MR) is 72.6 cm³/mol. The minimum atomic E-state index is -0.989. The van der Waals surface area contributed by atoms with Gasteiger partial charge in [-0.3, -0.25) is 4.79 Å². The van der Waals surface area contributed by atoms with Crippen molar-refractivity contribution in [2.45, 2.75) is 25.7 Å². The largest absolute Gasteiger partial charge is 1.00 e. The molecule has 0 heterocycles. The van der Waals surface area contributed by atoms with Gasteiger partial charge in [-0.2, -0.15) is 0 Å². The number of hydrogen-bond donors (Lipinski definition) is 3. The quantitative estimate of drug-likeness (QED) is 0.416. The maximum Gasteiger partial charge on any atom is 1.00 e. The smallest absolute Gasteiger partial charge is 0.550 e. The molecular weight excluding hydrogens is 297 g/mol. The van der Waals surface area contributed by atoms with E-state index in [-0.39, 0.29) is 64.4 Å². The number of carboxylic acids is 1. The predicted octanol–water partition coefficient (Wildman–Crippen LogP) is -2.61. The van der Waals surface area contributed by atoms with Crippen LogP contribution >= 0.6 is 0 Å². The summed E-state index contributed by atoms with van der Waals surface area (Å²) < 4.78 is 0. The summed E-state index contributed by atoms with van der Waals surface area (Å²) in [5.74, 6) is -2.03. The molecule has 0 radical (unpaired) electrons. The SMILES string of the molecule is O=C(NC[C@H]1CC[C@H](C(=O)[O-])CC1)c1ccc(O)c(O)c1.[Na+]. The molecule has 1 aromatic rings. The summed E-state index contributed by atoms with van der Waals surface area (Å²) in [6.45, 7) is 0.472. The Kier molecular flexibility index (Phi) is 7.19. The van der Waals surface area contributed by atoms with Crippen molar-refractivity contribution in [3.8, 4) is 11.5 Å². The molecule has 0 aromatic heterocycles. The summed E-state index contributed by atoms with van der Waals surface area (Å²) in [6, 6.07) is 3.89. The first-order valence-electron chi connectivity index (χ1n) is 6.98. The molecule has 0 bridgehead atoms. The molecular formula is C15H18NNaO5. The molecule has 2 rings (SSSR count). The molecule has 22 heavy (non-hydrogen) atoms. The molecule has 114 valence electrons. The van der Waals surface area contributed by atoms with Gasteiger partial charge in [0.25, 0.3) is 5.91 Å². The molecule has 0 saturated heterocycles. The van der Waals surface area contributed by atoms with E-state index >= 15 is 0 Å². The van der Waals surface area contributed by atoms with Crippen LogP contribution in [0.5, 0.6) is 11.5 Å². The number of aromatic hydroxyl groups is 2. The molecule has 7 heteroatoms. The zero-order chi connectivity index (χ0) is 15.4. The minimum absolute atomic E-state index is 0. The monoisotopic (exact) mass is 315 g/mol. The van der Waals surface area contributed by atoms with Gasteiger partial charge in [0, 0.05) is 18.1 Å². The van der Waals surface area contributed by atoms with E-state index in [0.717, 1.165) is 12.8 Å². The van der Waals surface area contributed by atoms with Crippen LogP contribution in [0.4, 0.5) is 0 Å². The van der Waals surface area contributed by atoms with E-state index < -0.39 is 5.97 Å². The Balaban J connectivity index is 0.00000242. The van der Waals surface area contributed by atoms with Gasteiger partial charge in [0.2, 0.25) is 0 Å². The molecule has 1 fully saturated rings. The molecule has 0 aliphatic heterocycles. The van der Waals surface area contributed by atoms with Gasteiger partial charge < -0.3 is 25.4 Å². The fraction of sp³-hybridized carbons (Fsp3) is 0.467. The van der Waals surface area contributed by atoms with Gasteiger partial charge in [0.1, 0.15) is 0 Å². The molecule has 6 nitrogen and oxygen atoms in total. The third kappa shape index (κ3) is 4.90. The van der Waals surface area contributed by atoms with Crippen molar-refractivity contribution in [3.05, 3.63) is 23.8 Å². The summed E-state index contributed by atoms with van der Waals surface area (Å²) in [5.41, 5.74) is 0.272. The summed E-state index contributed by atoms with van der Waals surface area (Å²) in [7, 11) is 0. The fourth-order valence-electron chi connectivity index (χ4n) is 2.61. The number of aliphatic carboxylic acids is 1. The second kappa shape index (κ2) is 8.41. The second-order valence-electron chi connectivity index (χ2n) is 5.45. The normalized spacial score (nSPS) is 20.7. The van der Waals surface area contributed by atoms with Gasteiger partial charge in [-0.25, -0.2) is 0 Å². The van der Waals surface area contributed by atoms with Crippen molar-refractivity contribution in [2.75, 3.05) is 6.54 Å². The molecule has 0 spiro atoms. The Morgan fingerprint density at radius 1 is 1.14 bits per heavy atom. The van der Waals surface area contributed by atoms with Crippen molar-refractivity contribution in [1.82, 2.24) is 5.32 Å². The van der Waals surface area contributed by atoms with E-state index in [1.165, 1.54) is 18.2 Å². The first-order chi connectivity index (χ1) is 9.97. The molecule has 3 N–H and O–H groups in total. The number of phenols is 2. The van der Waals surface area contributed by atoms with Crippen molar-refractivity contribution >= 4 is 11.9 Å². The fourth-order valence-corrected chi connectivity index (χ4v) is 2.61. The molecule has 1 saturated carbocycles. The van der Waals surface area contributed by atoms with E-state index in [0.29, 0.717) is 19.4 Å². The van der Waals surface area contributed by atoms with Gasteiger partial charge in [0.05, 0.1) is 0 Å². The van der Waals surface area contributed by atoms with E-state index in [9.17, 15) is 24.9 Å². The topological polar surface area (TPSA) is 110 Å². The third-order valence-electron chi connectivity index (χ3n) is 3.97. The summed E-state index contributed by atoms with van der Waals surface area (Å²) in [5, 5.41) is 32.1. The van der Waals surface area contributed by atoms with Gasteiger partial charge in [-0.15, -0.1) is 0 Å². The molecule has 1 aliphatic rings. The number of hydrogen-bond acceptors (Lipinski definition) is 5. The summed E-state index contributed by atoms with van der Waals surface area (Å²) in [6.07, 6.45) is 2.67. The van der Waals surface area contributed by atoms with Crippen LogP contribution in [0.15, 0.2) is 18.2 Å². The van der Waals surface area contributed by atoms with Crippen LogP contribution in [0.1, 0.15) is 36.0 Å². The van der Waals surface area contributed by atoms with Crippen molar-refractivity contribution < 1.29 is 54.5 Å². The first kappa shape index (κ1) is 18.8. The van der Waals surface area contributed by atoms with Crippen molar-refractivity contribution in [1.29, 1.82) is 0 Å². The maximum atomic E-state index is 11.9. The molecule has 1 aromatic carbocycles. The molecule has 1 aliphatic carbocycles. The number of carbonyl (C=O) groups excluding carboxylic acids is 2. The number of phenolic OH excluding ortho intramolecular Hbond substituents is 2. The molecule has 1 amide bonds. The van der Waals surface area contributed by atoms with E-state index in [4.69, 9.17) is 0 Å². The van der Waals surface area contributed by atoms with Gasteiger partial charge in [-0.1, -0.05) is 0 Å². The third-order valence-corrected chi connectivity index (χ3v) is 3.97. The van der Waals surface area contributed by atoms with Gasteiger partial charge >= 0.3 is 29.6 Å². The van der Waals surface area contributed by atoms with Crippen molar-refractivity contribution in [3.63, 3.8) is 0 Å². The van der Waals surface area contributed by atoms with E-state index in [2.05, 4.69) is 5.32 Å². The Hall–Kier alpha value is -1.24. The standard InChI is InChI=1S/C15H19NO5.Na/c17-12-6-5-11(7-13(12)18)14(19)16-8-9-1-3-10(4-2-9)15(20)21;/h5-7,9-10,17-18H,1-4,8H2,(H,16,19)(H,20,21);/q;+1/p-1/t9-,10-;. The Labute approximate surface area is 150 Å². The van der Waals surface area contributed by atoms with Gasteiger partial charge in [-0.05, 0) is 55.7 Å². The Morgan fingerprint density at radius 2 is 1.77 bits per heavy atom. The van der Waals surface area contributed by atoms with Crippen LogP contribution in [0.3, 0.4) is 0 Å². The van der Waals surface area contributed by atoms with Crippen LogP contribution in [0.2, 0.25) is 0 Å². The number of benzene rings is 1. The summed E-state index contributed by atoms with van der Waals surface area (Å²) in [4.78, 5) is 22.7. The Morgan fingerprint density at radius 3 is 2.32 bits per heavy atom. The minimum Gasteiger partial charge on any atom is -0.550 e. The van der Waals surface area contributed by atoms with Crippen LogP contribution in [-0.4, -0.2) is 28.6 Å². The Bertz CT molecular complexity index is 541. The van der Waals surface area contributed by atoms with Gasteiger partial charge in [0.15, 0.2) is 11.5 Å². The maximum absolute atomic E-state index is 11.9. The number of amides is 1. The molecule has 0 atom stereocenters. The van der Waals surface area contributed by atoms with Crippen LogP contribution in [0.25, 0.3) is 0 Å². The number of nitrogens with one attached hydrogen (secondary N) is 1. The summed E-state index contributed by atoms with van der Waals surface area (Å²) >= 11 is 0. The molecule has 0 unspecified atom stereocenters. The van der Waals surface area contributed by atoms with Crippen LogP contribution in [0, 0.1) is 11.8 Å². The zero-order valence-electron chi connectivity index (χ0n) is 12.5. The average molecular weight is 315 g/mol. The number of rotatable bonds is 4. The van der Waals surface area contributed by atoms with Crippen molar-refractivity contribution in [2.24, 2.45) is 11.8 Å². The van der Waals surface area contributed by atoms with E-state index in [1.807, 2.05) is 0 Å². The van der Waals surface area contributed by atoms with Crippen LogP contribution in [-0.2, 0) is 4.79 Å². The second-order valence-corrected chi connectivity index (χ2v) is 5.45.